The monoisotopic (exact) mass is 399 g/mol. The summed E-state index contributed by atoms with van der Waals surface area (Å²) in [6.07, 6.45) is 0.637. The van der Waals surface area contributed by atoms with Gasteiger partial charge in [0.25, 0.3) is 10.0 Å². The number of benzene rings is 2. The normalized spacial score (nSPS) is 19.0. The summed E-state index contributed by atoms with van der Waals surface area (Å²) in [5.74, 6) is -0.787. The second-order valence-corrected chi connectivity index (χ2v) is 9.01. The predicted octanol–water partition coefficient (Wildman–Crippen LogP) is 1.79. The molecule has 1 fully saturated rings. The minimum Gasteiger partial charge on any atom is -0.295 e. The Balaban J connectivity index is 1.57. The van der Waals surface area contributed by atoms with Crippen molar-refractivity contribution in [2.45, 2.75) is 24.2 Å². The number of fused-ring (bicyclic) bond motifs is 1. The Labute approximate surface area is 162 Å². The maximum atomic E-state index is 12.7. The van der Waals surface area contributed by atoms with Crippen LogP contribution in [0.3, 0.4) is 0 Å². The molecule has 0 saturated heterocycles. The van der Waals surface area contributed by atoms with Crippen LogP contribution in [0.15, 0.2) is 52.2 Å². The van der Waals surface area contributed by atoms with E-state index in [1.54, 1.807) is 20.2 Å². The van der Waals surface area contributed by atoms with Crippen LogP contribution in [0.2, 0.25) is 0 Å². The van der Waals surface area contributed by atoms with Crippen molar-refractivity contribution in [3.63, 3.8) is 0 Å². The highest BCUT2D eigenvalue weighted by Gasteiger charge is 2.45. The summed E-state index contributed by atoms with van der Waals surface area (Å²) in [5, 5.41) is 0. The fourth-order valence-corrected chi connectivity index (χ4v) is 4.80. The van der Waals surface area contributed by atoms with Crippen molar-refractivity contribution in [2.75, 3.05) is 0 Å². The third kappa shape index (κ3) is 2.93. The topological polar surface area (TPSA) is 90.2 Å². The van der Waals surface area contributed by atoms with Gasteiger partial charge in [0, 0.05) is 20.0 Å². The number of aryl methyl sites for hydroxylation is 3. The van der Waals surface area contributed by atoms with Gasteiger partial charge in [0.2, 0.25) is 5.91 Å². The quantitative estimate of drug-likeness (QED) is 0.724. The highest BCUT2D eigenvalue weighted by Crippen LogP contribution is 2.48. The number of aromatic nitrogens is 2. The van der Waals surface area contributed by atoms with Crippen LogP contribution in [-0.2, 0) is 28.9 Å². The smallest absolute Gasteiger partial charge is 0.295 e. The molecule has 1 aromatic heterocycles. The number of carbonyl (C=O) groups excluding carboxylic acids is 1. The number of imidazole rings is 1. The molecule has 1 N–H and O–H groups in total. The van der Waals surface area contributed by atoms with E-state index in [0.29, 0.717) is 17.5 Å². The predicted molar refractivity (Wildman–Crippen MR) is 106 cm³/mol. The average molecular weight is 399 g/mol. The summed E-state index contributed by atoms with van der Waals surface area (Å²) in [6, 6.07) is 12.2. The van der Waals surface area contributed by atoms with Crippen molar-refractivity contribution in [3.8, 4) is 0 Å². The van der Waals surface area contributed by atoms with Gasteiger partial charge in [-0.1, -0.05) is 24.3 Å². The number of amides is 1. The summed E-state index contributed by atoms with van der Waals surface area (Å²) < 4.78 is 30.4. The lowest BCUT2D eigenvalue weighted by atomic mass is 10.0. The third-order valence-corrected chi connectivity index (χ3v) is 6.85. The molecule has 4 rings (SSSR count). The highest BCUT2D eigenvalue weighted by molar-refractivity contribution is 7.90. The number of carbonyl (C=O) groups is 1. The fraction of sp³-hybridized carbons (Fsp3) is 0.300. The average Bonchev–Trinajstić information content (AvgIpc) is 3.43. The first-order chi connectivity index (χ1) is 13.2. The summed E-state index contributed by atoms with van der Waals surface area (Å²) in [7, 11) is -0.812. The number of rotatable bonds is 4. The molecule has 3 aromatic rings. The number of nitrogens with zero attached hydrogens (tertiary/aromatic N) is 2. The van der Waals surface area contributed by atoms with E-state index >= 15 is 0 Å². The zero-order valence-corrected chi connectivity index (χ0v) is 16.7. The lowest BCUT2D eigenvalue weighted by molar-refractivity contribution is -0.120. The molecule has 1 aliphatic rings. The minimum atomic E-state index is -4.02. The Morgan fingerprint density at radius 2 is 1.75 bits per heavy atom. The number of nitrogens with one attached hydrogen (secondary N) is 1. The molecule has 1 saturated carbocycles. The van der Waals surface area contributed by atoms with Crippen LogP contribution in [-0.4, -0.2) is 23.5 Å². The number of sulfonamides is 1. The molecule has 7 nitrogen and oxygen atoms in total. The molecular formula is C20H21N3O4S. The first-order valence-electron chi connectivity index (χ1n) is 8.98. The molecule has 0 radical (unpaired) electrons. The van der Waals surface area contributed by atoms with Crippen LogP contribution in [0.1, 0.15) is 23.5 Å². The van der Waals surface area contributed by atoms with Gasteiger partial charge in [-0.3, -0.25) is 13.9 Å². The van der Waals surface area contributed by atoms with E-state index in [9.17, 15) is 18.0 Å². The van der Waals surface area contributed by atoms with E-state index in [0.717, 1.165) is 11.1 Å². The van der Waals surface area contributed by atoms with Crippen LogP contribution in [0, 0.1) is 12.8 Å². The third-order valence-electron chi connectivity index (χ3n) is 5.50. The molecule has 1 heterocycles. The van der Waals surface area contributed by atoms with Gasteiger partial charge in [-0.2, -0.15) is 0 Å². The second kappa shape index (κ2) is 6.34. The van der Waals surface area contributed by atoms with Crippen molar-refractivity contribution in [2.24, 2.45) is 20.0 Å². The molecule has 0 spiro atoms. The molecule has 0 aliphatic heterocycles. The molecule has 8 heteroatoms. The summed E-state index contributed by atoms with van der Waals surface area (Å²) >= 11 is 0. The summed E-state index contributed by atoms with van der Waals surface area (Å²) in [5.41, 5.74) is 3.06. The molecule has 2 atom stereocenters. The van der Waals surface area contributed by atoms with Gasteiger partial charge in [0.05, 0.1) is 15.9 Å². The highest BCUT2D eigenvalue weighted by atomic mass is 32.2. The Kier molecular flexibility index (Phi) is 4.19. The van der Waals surface area contributed by atoms with E-state index in [1.807, 2.05) is 31.2 Å². The fourth-order valence-electron chi connectivity index (χ4n) is 3.75. The Morgan fingerprint density at radius 3 is 2.46 bits per heavy atom. The van der Waals surface area contributed by atoms with Gasteiger partial charge >= 0.3 is 5.69 Å². The first kappa shape index (κ1) is 18.5. The zero-order valence-electron chi connectivity index (χ0n) is 15.8. The molecule has 0 bridgehead atoms. The largest absolute Gasteiger partial charge is 0.328 e. The van der Waals surface area contributed by atoms with E-state index in [4.69, 9.17) is 0 Å². The Bertz CT molecular complexity index is 1270. The molecule has 28 heavy (non-hydrogen) atoms. The number of hydrogen-bond acceptors (Lipinski definition) is 4. The molecule has 146 valence electrons. The lowest BCUT2D eigenvalue weighted by Crippen LogP contribution is -2.32. The maximum absolute atomic E-state index is 12.7. The van der Waals surface area contributed by atoms with E-state index in [-0.39, 0.29) is 22.4 Å². The minimum absolute atomic E-state index is 0.0392. The Hall–Kier alpha value is -2.87. The van der Waals surface area contributed by atoms with Crippen molar-refractivity contribution >= 4 is 27.0 Å². The van der Waals surface area contributed by atoms with Gasteiger partial charge in [-0.15, -0.1) is 0 Å². The van der Waals surface area contributed by atoms with Crippen molar-refractivity contribution < 1.29 is 13.2 Å². The standard InChI is InChI=1S/C20H21N3O4S/c1-12-6-4-5-7-14(12)15-11-16(15)19(24)21-28(26,27)13-8-9-17-18(10-13)23(3)20(25)22(17)2/h4-10,15-16H,11H2,1-3H3,(H,21,24)/t15-,16+/m0/s1. The molecule has 1 aliphatic carbocycles. The van der Waals surface area contributed by atoms with Gasteiger partial charge in [0.1, 0.15) is 0 Å². The maximum Gasteiger partial charge on any atom is 0.328 e. The van der Waals surface area contributed by atoms with Crippen molar-refractivity contribution in [3.05, 3.63) is 64.1 Å². The van der Waals surface area contributed by atoms with Crippen molar-refractivity contribution in [1.82, 2.24) is 13.9 Å². The summed E-state index contributed by atoms with van der Waals surface area (Å²) in [4.78, 5) is 24.5. The molecule has 1 amide bonds. The van der Waals surface area contributed by atoms with Gasteiger partial charge in [-0.05, 0) is 48.6 Å². The second-order valence-electron chi connectivity index (χ2n) is 7.33. The van der Waals surface area contributed by atoms with Crippen LogP contribution in [0.25, 0.3) is 11.0 Å². The summed E-state index contributed by atoms with van der Waals surface area (Å²) in [6.45, 7) is 1.98. The lowest BCUT2D eigenvalue weighted by Gasteiger charge is -2.08. The van der Waals surface area contributed by atoms with Gasteiger partial charge in [-0.25, -0.2) is 17.9 Å². The van der Waals surface area contributed by atoms with Crippen molar-refractivity contribution in [1.29, 1.82) is 0 Å². The Morgan fingerprint density at radius 1 is 1.07 bits per heavy atom. The van der Waals surface area contributed by atoms with Crippen LogP contribution >= 0.6 is 0 Å². The van der Waals surface area contributed by atoms with Crippen LogP contribution in [0.4, 0.5) is 0 Å². The number of hydrogen-bond donors (Lipinski definition) is 1. The van der Waals surface area contributed by atoms with E-state index in [2.05, 4.69) is 4.72 Å². The van der Waals surface area contributed by atoms with Crippen LogP contribution in [0.5, 0.6) is 0 Å². The SMILES string of the molecule is Cc1ccccc1[C@@H]1C[C@H]1C(=O)NS(=O)(=O)c1ccc2c(c1)n(C)c(=O)n2C. The van der Waals surface area contributed by atoms with Gasteiger partial charge in [0.15, 0.2) is 0 Å². The zero-order chi connectivity index (χ0) is 20.2. The first-order valence-corrected chi connectivity index (χ1v) is 10.5. The van der Waals surface area contributed by atoms with E-state index < -0.39 is 15.9 Å². The molecule has 0 unspecified atom stereocenters. The van der Waals surface area contributed by atoms with E-state index in [1.165, 1.54) is 21.3 Å². The van der Waals surface area contributed by atoms with Crippen LogP contribution < -0.4 is 10.4 Å². The molecular weight excluding hydrogens is 378 g/mol. The van der Waals surface area contributed by atoms with Gasteiger partial charge < -0.3 is 0 Å². The molecule has 2 aromatic carbocycles.